The number of benzene rings is 2. The lowest BCUT2D eigenvalue weighted by Gasteiger charge is -2.19. The fourth-order valence-corrected chi connectivity index (χ4v) is 3.13. The lowest BCUT2D eigenvalue weighted by Crippen LogP contribution is -2.20. The Morgan fingerprint density at radius 2 is 1.81 bits per heavy atom. The standard InChI is InChI=1S/C24H23ClN2O4/c1-24(2,3)17-7-4-15(5-8-17)12-22(28)27-26-14-18-9-11-21(31-18)16-6-10-20(25)19(13-16)23(29)30/h4-11,13-14H,12H2,1-3H3,(H,27,28)(H,29,30). The lowest BCUT2D eigenvalue weighted by molar-refractivity contribution is -0.120. The van der Waals surface area contributed by atoms with Gasteiger partial charge in [0.05, 0.1) is 23.2 Å². The van der Waals surface area contributed by atoms with Gasteiger partial charge in [0, 0.05) is 5.56 Å². The fourth-order valence-electron chi connectivity index (χ4n) is 2.94. The number of hydrogen-bond acceptors (Lipinski definition) is 4. The van der Waals surface area contributed by atoms with Crippen molar-refractivity contribution in [2.24, 2.45) is 5.10 Å². The van der Waals surface area contributed by atoms with Gasteiger partial charge in [-0.05, 0) is 46.9 Å². The van der Waals surface area contributed by atoms with E-state index in [1.54, 1.807) is 18.2 Å². The first-order valence-corrected chi connectivity index (χ1v) is 10.1. The SMILES string of the molecule is CC(C)(C)c1ccc(CC(=O)NN=Cc2ccc(-c3ccc(Cl)c(C(=O)O)c3)o2)cc1. The Morgan fingerprint density at radius 1 is 1.10 bits per heavy atom. The predicted molar refractivity (Wildman–Crippen MR) is 121 cm³/mol. The fraction of sp³-hybridized carbons (Fsp3) is 0.208. The number of nitrogens with zero attached hydrogens (tertiary/aromatic N) is 1. The van der Waals surface area contributed by atoms with Crippen LogP contribution in [0.5, 0.6) is 0 Å². The quantitative estimate of drug-likeness (QED) is 0.404. The van der Waals surface area contributed by atoms with Gasteiger partial charge in [0.2, 0.25) is 5.91 Å². The van der Waals surface area contributed by atoms with Crippen molar-refractivity contribution in [2.45, 2.75) is 32.6 Å². The molecule has 7 heteroatoms. The Balaban J connectivity index is 1.60. The number of carboxylic acid groups (broad SMARTS) is 1. The molecule has 0 radical (unpaired) electrons. The van der Waals surface area contributed by atoms with Crippen molar-refractivity contribution < 1.29 is 19.1 Å². The van der Waals surface area contributed by atoms with E-state index in [1.807, 2.05) is 24.3 Å². The Hall–Kier alpha value is -3.38. The van der Waals surface area contributed by atoms with Crippen molar-refractivity contribution in [1.29, 1.82) is 0 Å². The molecule has 0 aliphatic heterocycles. The summed E-state index contributed by atoms with van der Waals surface area (Å²) in [6.45, 7) is 6.42. The second-order valence-electron chi connectivity index (χ2n) is 8.12. The molecule has 1 amide bonds. The molecule has 2 N–H and O–H groups in total. The molecule has 0 unspecified atom stereocenters. The first-order valence-electron chi connectivity index (χ1n) is 9.68. The van der Waals surface area contributed by atoms with E-state index in [1.165, 1.54) is 23.9 Å². The molecule has 3 rings (SSSR count). The zero-order chi connectivity index (χ0) is 22.6. The Morgan fingerprint density at radius 3 is 2.45 bits per heavy atom. The summed E-state index contributed by atoms with van der Waals surface area (Å²) in [7, 11) is 0. The van der Waals surface area contributed by atoms with E-state index in [9.17, 15) is 14.7 Å². The van der Waals surface area contributed by atoms with Gasteiger partial charge in [-0.15, -0.1) is 0 Å². The van der Waals surface area contributed by atoms with Crippen LogP contribution in [-0.4, -0.2) is 23.2 Å². The molecule has 0 saturated carbocycles. The monoisotopic (exact) mass is 438 g/mol. The molecule has 0 fully saturated rings. The Bertz CT molecular complexity index is 1130. The van der Waals surface area contributed by atoms with Crippen LogP contribution in [0.3, 0.4) is 0 Å². The number of carbonyl (C=O) groups excluding carboxylic acids is 1. The summed E-state index contributed by atoms with van der Waals surface area (Å²) < 4.78 is 5.65. The van der Waals surface area contributed by atoms with Crippen molar-refractivity contribution in [3.8, 4) is 11.3 Å². The molecule has 2 aromatic carbocycles. The van der Waals surface area contributed by atoms with E-state index in [-0.39, 0.29) is 28.3 Å². The maximum absolute atomic E-state index is 12.1. The maximum atomic E-state index is 12.1. The molecular weight excluding hydrogens is 416 g/mol. The smallest absolute Gasteiger partial charge is 0.337 e. The van der Waals surface area contributed by atoms with Gasteiger partial charge in [0.25, 0.3) is 0 Å². The van der Waals surface area contributed by atoms with Gasteiger partial charge in [-0.1, -0.05) is 56.6 Å². The number of halogens is 1. The maximum Gasteiger partial charge on any atom is 0.337 e. The van der Waals surface area contributed by atoms with Crippen LogP contribution in [0.4, 0.5) is 0 Å². The van der Waals surface area contributed by atoms with Crippen LogP contribution >= 0.6 is 11.6 Å². The first kappa shape index (κ1) is 22.3. The highest BCUT2D eigenvalue weighted by Gasteiger charge is 2.14. The zero-order valence-corrected chi connectivity index (χ0v) is 18.2. The summed E-state index contributed by atoms with van der Waals surface area (Å²) in [5.41, 5.74) is 5.22. The summed E-state index contributed by atoms with van der Waals surface area (Å²) in [5, 5.41) is 13.3. The second kappa shape index (κ2) is 9.18. The van der Waals surface area contributed by atoms with E-state index < -0.39 is 5.97 Å². The number of furan rings is 1. The minimum absolute atomic E-state index is 0.00594. The van der Waals surface area contributed by atoms with E-state index >= 15 is 0 Å². The highest BCUT2D eigenvalue weighted by Crippen LogP contribution is 2.26. The lowest BCUT2D eigenvalue weighted by atomic mass is 9.86. The molecule has 0 aliphatic rings. The number of rotatable bonds is 6. The third-order valence-electron chi connectivity index (χ3n) is 4.67. The minimum Gasteiger partial charge on any atom is -0.478 e. The summed E-state index contributed by atoms with van der Waals surface area (Å²) in [6.07, 6.45) is 1.60. The third-order valence-corrected chi connectivity index (χ3v) is 5.00. The number of amides is 1. The Kier molecular flexibility index (Phi) is 6.61. The second-order valence-corrected chi connectivity index (χ2v) is 8.53. The molecule has 0 aliphatic carbocycles. The van der Waals surface area contributed by atoms with E-state index in [4.69, 9.17) is 16.0 Å². The van der Waals surface area contributed by atoms with Gasteiger partial charge < -0.3 is 9.52 Å². The van der Waals surface area contributed by atoms with Gasteiger partial charge >= 0.3 is 5.97 Å². The normalized spacial score (nSPS) is 11.6. The highest BCUT2D eigenvalue weighted by molar-refractivity contribution is 6.33. The molecule has 0 bridgehead atoms. The third kappa shape index (κ3) is 5.83. The van der Waals surface area contributed by atoms with Crippen LogP contribution < -0.4 is 5.43 Å². The largest absolute Gasteiger partial charge is 0.478 e. The topological polar surface area (TPSA) is 91.9 Å². The molecular formula is C24H23ClN2O4. The van der Waals surface area contributed by atoms with Crippen molar-refractivity contribution in [1.82, 2.24) is 5.43 Å². The highest BCUT2D eigenvalue weighted by atomic mass is 35.5. The average molecular weight is 439 g/mol. The van der Waals surface area contributed by atoms with Crippen LogP contribution in [0.25, 0.3) is 11.3 Å². The predicted octanol–water partition coefficient (Wildman–Crippen LogP) is 5.29. The minimum atomic E-state index is -1.11. The number of hydrazone groups is 1. The molecule has 0 saturated heterocycles. The molecule has 0 spiro atoms. The van der Waals surface area contributed by atoms with Crippen LogP contribution in [0.1, 0.15) is 48.0 Å². The number of carbonyl (C=O) groups is 2. The van der Waals surface area contributed by atoms with E-state index in [2.05, 4.69) is 31.3 Å². The van der Waals surface area contributed by atoms with Crippen LogP contribution in [0.2, 0.25) is 5.02 Å². The van der Waals surface area contributed by atoms with Gasteiger partial charge in [-0.2, -0.15) is 5.10 Å². The molecule has 1 heterocycles. The number of carboxylic acids is 1. The molecule has 31 heavy (non-hydrogen) atoms. The molecule has 160 valence electrons. The number of aromatic carboxylic acids is 1. The van der Waals surface area contributed by atoms with Crippen LogP contribution in [0.15, 0.2) is 64.1 Å². The van der Waals surface area contributed by atoms with Gasteiger partial charge in [-0.3, -0.25) is 4.79 Å². The van der Waals surface area contributed by atoms with E-state index in [0.717, 1.165) is 5.56 Å². The summed E-state index contributed by atoms with van der Waals surface area (Å²) >= 11 is 5.89. The Labute approximate surface area is 185 Å². The van der Waals surface area contributed by atoms with Gasteiger partial charge in [0.15, 0.2) is 0 Å². The van der Waals surface area contributed by atoms with Gasteiger partial charge in [-0.25, -0.2) is 10.2 Å². The van der Waals surface area contributed by atoms with Crippen molar-refractivity contribution in [3.63, 3.8) is 0 Å². The molecule has 3 aromatic rings. The van der Waals surface area contributed by atoms with E-state index in [0.29, 0.717) is 17.1 Å². The first-order chi connectivity index (χ1) is 14.6. The van der Waals surface area contributed by atoms with Crippen LogP contribution in [-0.2, 0) is 16.6 Å². The average Bonchev–Trinajstić information content (AvgIpc) is 3.16. The zero-order valence-electron chi connectivity index (χ0n) is 17.5. The van der Waals surface area contributed by atoms with Crippen molar-refractivity contribution >= 4 is 29.7 Å². The summed E-state index contributed by atoms with van der Waals surface area (Å²) in [5.74, 6) is -0.478. The molecule has 1 aromatic heterocycles. The van der Waals surface area contributed by atoms with Gasteiger partial charge in [0.1, 0.15) is 11.5 Å². The van der Waals surface area contributed by atoms with Crippen LogP contribution in [0, 0.1) is 0 Å². The molecule has 6 nitrogen and oxygen atoms in total. The summed E-state index contributed by atoms with van der Waals surface area (Å²) in [4.78, 5) is 23.4. The summed E-state index contributed by atoms with van der Waals surface area (Å²) in [6, 6.07) is 15.9. The molecule has 0 atom stereocenters. The number of nitrogens with one attached hydrogen (secondary N) is 1. The van der Waals surface area contributed by atoms with Crippen molar-refractivity contribution in [3.05, 3.63) is 82.1 Å². The number of hydrogen-bond donors (Lipinski definition) is 2. The van der Waals surface area contributed by atoms with Crippen molar-refractivity contribution in [2.75, 3.05) is 0 Å².